The highest BCUT2D eigenvalue weighted by atomic mass is 16.5. The van der Waals surface area contributed by atoms with Gasteiger partial charge in [-0.05, 0) is 42.7 Å². The predicted octanol–water partition coefficient (Wildman–Crippen LogP) is 3.10. The summed E-state index contributed by atoms with van der Waals surface area (Å²) in [4.78, 5) is 2.24. The fraction of sp³-hybridized carbons (Fsp3) is 0.500. The number of fused-ring (bicyclic) bond motifs is 1. The summed E-state index contributed by atoms with van der Waals surface area (Å²) in [6.45, 7) is 2.10. The highest BCUT2D eigenvalue weighted by Gasteiger charge is 2.43. The van der Waals surface area contributed by atoms with Gasteiger partial charge in [0.05, 0.1) is 33.5 Å². The molecule has 1 fully saturated rings. The van der Waals surface area contributed by atoms with E-state index in [2.05, 4.69) is 4.90 Å². The average molecular weight is 430 g/mol. The first-order valence-corrected chi connectivity index (χ1v) is 10.6. The van der Waals surface area contributed by atoms with E-state index in [1.807, 2.05) is 36.4 Å². The van der Waals surface area contributed by atoms with Crippen LogP contribution in [0.2, 0.25) is 0 Å². The zero-order chi connectivity index (χ0) is 22.0. The monoisotopic (exact) mass is 429 g/mol. The Morgan fingerprint density at radius 1 is 1.03 bits per heavy atom. The van der Waals surface area contributed by atoms with Crippen molar-refractivity contribution >= 4 is 0 Å². The zero-order valence-corrected chi connectivity index (χ0v) is 18.3. The van der Waals surface area contributed by atoms with Gasteiger partial charge < -0.3 is 34.1 Å². The largest absolute Gasteiger partial charge is 0.497 e. The van der Waals surface area contributed by atoms with Gasteiger partial charge in [-0.15, -0.1) is 0 Å². The van der Waals surface area contributed by atoms with Crippen molar-refractivity contribution < 1.29 is 29.2 Å². The van der Waals surface area contributed by atoms with Crippen LogP contribution in [0.3, 0.4) is 0 Å². The molecule has 0 saturated carbocycles. The van der Waals surface area contributed by atoms with E-state index in [0.29, 0.717) is 30.2 Å². The normalized spacial score (nSPS) is 21.1. The molecule has 2 aromatic carbocycles. The molecule has 0 radical (unpaired) electrons. The van der Waals surface area contributed by atoms with Gasteiger partial charge in [0, 0.05) is 37.7 Å². The van der Waals surface area contributed by atoms with Crippen molar-refractivity contribution in [3.63, 3.8) is 0 Å². The lowest BCUT2D eigenvalue weighted by Gasteiger charge is -2.46. The molecule has 1 spiro atoms. The number of rotatable bonds is 6. The van der Waals surface area contributed by atoms with Crippen LogP contribution >= 0.6 is 0 Å². The van der Waals surface area contributed by atoms with E-state index in [4.69, 9.17) is 18.9 Å². The molecule has 4 rings (SSSR count). The summed E-state index contributed by atoms with van der Waals surface area (Å²) in [5.41, 5.74) is 1.23. The summed E-state index contributed by atoms with van der Waals surface area (Å²) in [6.07, 6.45) is 0.993. The lowest BCUT2D eigenvalue weighted by Crippen LogP contribution is -2.51. The predicted molar refractivity (Wildman–Crippen MR) is 116 cm³/mol. The minimum atomic E-state index is -0.628. The molecule has 2 aliphatic heterocycles. The van der Waals surface area contributed by atoms with Gasteiger partial charge in [-0.1, -0.05) is 6.07 Å². The van der Waals surface area contributed by atoms with Gasteiger partial charge in [0.1, 0.15) is 17.1 Å². The standard InChI is InChI=1S/C24H31NO6/c1-28-17-5-6-18-19(26)14-24(31-22(18)13-17)8-10-25(11-9-24)15-20(27)16-4-7-21(29-2)23(12-16)30-3/h4-7,12-13,19-20,26-27H,8-11,14-15H2,1-3H3. The Morgan fingerprint density at radius 3 is 2.45 bits per heavy atom. The third kappa shape index (κ3) is 4.44. The number of methoxy groups -OCH3 is 3. The average Bonchev–Trinajstić information content (AvgIpc) is 2.79. The van der Waals surface area contributed by atoms with Crippen LogP contribution in [-0.4, -0.2) is 61.7 Å². The van der Waals surface area contributed by atoms with Gasteiger partial charge >= 0.3 is 0 Å². The Hall–Kier alpha value is -2.48. The first-order chi connectivity index (χ1) is 15.0. The molecule has 31 heavy (non-hydrogen) atoms. The van der Waals surface area contributed by atoms with E-state index < -0.39 is 12.2 Å². The number of likely N-dealkylation sites (tertiary alicyclic amines) is 1. The fourth-order valence-electron chi connectivity index (χ4n) is 4.60. The second-order valence-corrected chi connectivity index (χ2v) is 8.34. The quantitative estimate of drug-likeness (QED) is 0.730. The van der Waals surface area contributed by atoms with Crippen molar-refractivity contribution in [1.29, 1.82) is 0 Å². The van der Waals surface area contributed by atoms with Gasteiger partial charge in [-0.25, -0.2) is 0 Å². The second-order valence-electron chi connectivity index (χ2n) is 8.34. The summed E-state index contributed by atoms with van der Waals surface area (Å²) in [6, 6.07) is 11.1. The van der Waals surface area contributed by atoms with Gasteiger partial charge in [0.25, 0.3) is 0 Å². The molecule has 2 unspecified atom stereocenters. The summed E-state index contributed by atoms with van der Waals surface area (Å²) in [7, 11) is 4.81. The molecule has 2 N–H and O–H groups in total. The van der Waals surface area contributed by atoms with Crippen LogP contribution in [0.1, 0.15) is 42.6 Å². The maximum atomic E-state index is 10.8. The number of piperidine rings is 1. The minimum Gasteiger partial charge on any atom is -0.497 e. The summed E-state index contributed by atoms with van der Waals surface area (Å²) < 4.78 is 22.3. The molecule has 7 heteroatoms. The van der Waals surface area contributed by atoms with E-state index in [-0.39, 0.29) is 5.60 Å². The number of aliphatic hydroxyl groups is 2. The molecular weight excluding hydrogens is 398 g/mol. The Bertz CT molecular complexity index is 909. The third-order valence-electron chi connectivity index (χ3n) is 6.46. The molecule has 7 nitrogen and oxygen atoms in total. The van der Waals surface area contributed by atoms with Crippen LogP contribution in [0.4, 0.5) is 0 Å². The first-order valence-electron chi connectivity index (χ1n) is 10.6. The topological polar surface area (TPSA) is 80.6 Å². The van der Waals surface area contributed by atoms with Gasteiger partial charge in [0.15, 0.2) is 11.5 Å². The maximum Gasteiger partial charge on any atom is 0.161 e. The van der Waals surface area contributed by atoms with Crippen LogP contribution in [0, 0.1) is 0 Å². The molecule has 1 saturated heterocycles. The zero-order valence-electron chi connectivity index (χ0n) is 18.3. The number of β-amino-alcohol motifs (C(OH)–C–C–N with tert-alkyl or cyclic N) is 1. The van der Waals surface area contributed by atoms with E-state index >= 15 is 0 Å². The van der Waals surface area contributed by atoms with Crippen molar-refractivity contribution in [1.82, 2.24) is 4.90 Å². The molecule has 2 aromatic rings. The Labute approximate surface area is 183 Å². The van der Waals surface area contributed by atoms with Gasteiger partial charge in [-0.2, -0.15) is 0 Å². The summed E-state index contributed by atoms with van der Waals surface area (Å²) in [5.74, 6) is 2.68. The van der Waals surface area contributed by atoms with Crippen molar-refractivity contribution in [3.8, 4) is 23.0 Å². The SMILES string of the molecule is COc1ccc2c(c1)OC1(CCN(CC(O)c3ccc(OC)c(OC)c3)CC1)CC2O. The number of hydrogen-bond donors (Lipinski definition) is 2. The van der Waals surface area contributed by atoms with E-state index in [1.165, 1.54) is 0 Å². The van der Waals surface area contributed by atoms with Crippen molar-refractivity contribution in [3.05, 3.63) is 47.5 Å². The van der Waals surface area contributed by atoms with Crippen molar-refractivity contribution in [2.45, 2.75) is 37.1 Å². The molecule has 0 aliphatic carbocycles. The van der Waals surface area contributed by atoms with E-state index in [9.17, 15) is 10.2 Å². The molecule has 0 aromatic heterocycles. The molecule has 2 aliphatic rings. The fourth-order valence-corrected chi connectivity index (χ4v) is 4.60. The summed E-state index contributed by atoms with van der Waals surface area (Å²) in [5, 5.41) is 21.5. The molecule has 2 heterocycles. The summed E-state index contributed by atoms with van der Waals surface area (Å²) >= 11 is 0. The van der Waals surface area contributed by atoms with Crippen LogP contribution in [0.25, 0.3) is 0 Å². The lowest BCUT2D eigenvalue weighted by molar-refractivity contribution is -0.0588. The van der Waals surface area contributed by atoms with Crippen LogP contribution in [0.15, 0.2) is 36.4 Å². The number of benzene rings is 2. The lowest BCUT2D eigenvalue weighted by atomic mass is 9.81. The maximum absolute atomic E-state index is 10.8. The molecule has 0 bridgehead atoms. The molecule has 0 amide bonds. The Balaban J connectivity index is 1.39. The molecule has 2 atom stereocenters. The molecular formula is C24H31NO6. The van der Waals surface area contributed by atoms with Gasteiger partial charge in [0.2, 0.25) is 0 Å². The number of ether oxygens (including phenoxy) is 4. The van der Waals surface area contributed by atoms with Crippen molar-refractivity contribution in [2.24, 2.45) is 0 Å². The number of nitrogens with zero attached hydrogens (tertiary/aromatic N) is 1. The highest BCUT2D eigenvalue weighted by Crippen LogP contribution is 2.45. The smallest absolute Gasteiger partial charge is 0.161 e. The second kappa shape index (κ2) is 8.94. The highest BCUT2D eigenvalue weighted by molar-refractivity contribution is 5.44. The third-order valence-corrected chi connectivity index (χ3v) is 6.46. The van der Waals surface area contributed by atoms with Crippen LogP contribution in [-0.2, 0) is 0 Å². The van der Waals surface area contributed by atoms with E-state index in [0.717, 1.165) is 42.8 Å². The molecule has 168 valence electrons. The Morgan fingerprint density at radius 2 is 1.77 bits per heavy atom. The van der Waals surface area contributed by atoms with Crippen LogP contribution < -0.4 is 18.9 Å². The Kier molecular flexibility index (Phi) is 6.27. The van der Waals surface area contributed by atoms with Crippen LogP contribution in [0.5, 0.6) is 23.0 Å². The van der Waals surface area contributed by atoms with Crippen molar-refractivity contribution in [2.75, 3.05) is 41.0 Å². The minimum absolute atomic E-state index is 0.385. The van der Waals surface area contributed by atoms with E-state index in [1.54, 1.807) is 21.3 Å². The van der Waals surface area contributed by atoms with Gasteiger partial charge in [-0.3, -0.25) is 0 Å². The first kappa shape index (κ1) is 21.7. The number of hydrogen-bond acceptors (Lipinski definition) is 7. The number of aliphatic hydroxyl groups excluding tert-OH is 2.